The van der Waals surface area contributed by atoms with Crippen LogP contribution in [0, 0.1) is 0 Å². The molecule has 0 atom stereocenters. The first-order valence-corrected chi connectivity index (χ1v) is 8.01. The molecule has 122 valence electrons. The first-order chi connectivity index (χ1) is 11.7. The summed E-state index contributed by atoms with van der Waals surface area (Å²) >= 11 is 6.07. The number of hydrogen-bond acceptors (Lipinski definition) is 5. The van der Waals surface area contributed by atoms with Crippen molar-refractivity contribution in [1.29, 1.82) is 0 Å². The summed E-state index contributed by atoms with van der Waals surface area (Å²) in [6.07, 6.45) is 5.68. The maximum absolute atomic E-state index is 12.5. The van der Waals surface area contributed by atoms with E-state index in [9.17, 15) is 4.79 Å². The van der Waals surface area contributed by atoms with Gasteiger partial charge in [0, 0.05) is 44.0 Å². The van der Waals surface area contributed by atoms with Gasteiger partial charge in [0.15, 0.2) is 0 Å². The van der Waals surface area contributed by atoms with Gasteiger partial charge in [-0.1, -0.05) is 11.6 Å². The third-order valence-corrected chi connectivity index (χ3v) is 4.47. The van der Waals surface area contributed by atoms with E-state index >= 15 is 0 Å². The highest BCUT2D eigenvalue weighted by atomic mass is 35.5. The van der Waals surface area contributed by atoms with Crippen molar-refractivity contribution < 1.29 is 0 Å². The number of fused-ring (bicyclic) bond motifs is 1. The van der Waals surface area contributed by atoms with Crippen LogP contribution in [-0.4, -0.2) is 36.6 Å². The fourth-order valence-corrected chi connectivity index (χ4v) is 3.05. The van der Waals surface area contributed by atoms with Crippen LogP contribution in [0.25, 0.3) is 11.4 Å². The third kappa shape index (κ3) is 2.83. The quantitative estimate of drug-likeness (QED) is 0.757. The maximum atomic E-state index is 12.5. The SMILES string of the molecule is O=c1[nH]c(-c2ccncc2)nc2c1CN(Cc1[nH]ncc1Cl)CC2. The standard InChI is InChI=1S/C16H15ClN6O/c17-12-7-19-22-14(12)9-23-6-3-13-11(8-23)16(24)21-15(20-13)10-1-4-18-5-2-10/h1-2,4-5,7H,3,6,8-9H2,(H,19,22)(H,20,21,24). The van der Waals surface area contributed by atoms with Crippen LogP contribution in [0.2, 0.25) is 5.02 Å². The number of rotatable bonds is 3. The van der Waals surface area contributed by atoms with Crippen LogP contribution < -0.4 is 5.56 Å². The number of nitrogens with zero attached hydrogens (tertiary/aromatic N) is 4. The molecule has 7 nitrogen and oxygen atoms in total. The summed E-state index contributed by atoms with van der Waals surface area (Å²) in [5.41, 5.74) is 3.20. The van der Waals surface area contributed by atoms with E-state index in [-0.39, 0.29) is 5.56 Å². The average molecular weight is 343 g/mol. The minimum atomic E-state index is -0.0905. The van der Waals surface area contributed by atoms with Gasteiger partial charge in [-0.25, -0.2) is 4.98 Å². The first kappa shape index (κ1) is 15.0. The zero-order chi connectivity index (χ0) is 16.5. The van der Waals surface area contributed by atoms with Gasteiger partial charge in [-0.3, -0.25) is 19.8 Å². The van der Waals surface area contributed by atoms with Crippen molar-refractivity contribution in [2.45, 2.75) is 19.5 Å². The maximum Gasteiger partial charge on any atom is 0.255 e. The van der Waals surface area contributed by atoms with E-state index in [1.54, 1.807) is 18.6 Å². The van der Waals surface area contributed by atoms with E-state index in [4.69, 9.17) is 11.6 Å². The lowest BCUT2D eigenvalue weighted by Crippen LogP contribution is -2.35. The molecular weight excluding hydrogens is 328 g/mol. The largest absolute Gasteiger partial charge is 0.306 e. The van der Waals surface area contributed by atoms with Gasteiger partial charge in [-0.2, -0.15) is 5.10 Å². The molecule has 0 fully saturated rings. The molecule has 0 saturated heterocycles. The van der Waals surface area contributed by atoms with E-state index in [0.29, 0.717) is 23.9 Å². The molecule has 1 aliphatic heterocycles. The second-order valence-corrected chi connectivity index (χ2v) is 6.14. The molecule has 24 heavy (non-hydrogen) atoms. The number of hydrogen-bond donors (Lipinski definition) is 2. The van der Waals surface area contributed by atoms with Gasteiger partial charge in [0.05, 0.1) is 28.2 Å². The van der Waals surface area contributed by atoms with Gasteiger partial charge in [-0.05, 0) is 12.1 Å². The fourth-order valence-electron chi connectivity index (χ4n) is 2.90. The van der Waals surface area contributed by atoms with Crippen molar-refractivity contribution in [3.05, 3.63) is 63.1 Å². The summed E-state index contributed by atoms with van der Waals surface area (Å²) in [4.78, 5) is 26.1. The van der Waals surface area contributed by atoms with E-state index < -0.39 is 0 Å². The van der Waals surface area contributed by atoms with Crippen molar-refractivity contribution >= 4 is 11.6 Å². The normalized spacial score (nSPS) is 14.5. The molecular formula is C16H15ClN6O. The smallest absolute Gasteiger partial charge is 0.255 e. The number of H-pyrrole nitrogens is 2. The summed E-state index contributed by atoms with van der Waals surface area (Å²) in [5.74, 6) is 0.589. The molecule has 0 aliphatic carbocycles. The number of aromatic nitrogens is 5. The Bertz CT molecular complexity index is 920. The van der Waals surface area contributed by atoms with Crippen LogP contribution in [0.5, 0.6) is 0 Å². The second-order valence-electron chi connectivity index (χ2n) is 5.73. The summed E-state index contributed by atoms with van der Waals surface area (Å²) < 4.78 is 0. The van der Waals surface area contributed by atoms with Crippen LogP contribution in [0.15, 0.2) is 35.5 Å². The molecule has 0 saturated carbocycles. The van der Waals surface area contributed by atoms with Gasteiger partial charge >= 0.3 is 0 Å². The fraction of sp³-hybridized carbons (Fsp3) is 0.250. The Morgan fingerprint density at radius 3 is 2.88 bits per heavy atom. The highest BCUT2D eigenvalue weighted by molar-refractivity contribution is 6.31. The Hall–Kier alpha value is -2.51. The van der Waals surface area contributed by atoms with Gasteiger partial charge < -0.3 is 4.98 Å². The van der Waals surface area contributed by atoms with Crippen molar-refractivity contribution in [2.24, 2.45) is 0 Å². The summed E-state index contributed by atoms with van der Waals surface area (Å²) in [6, 6.07) is 3.67. The van der Waals surface area contributed by atoms with Crippen molar-refractivity contribution in [3.8, 4) is 11.4 Å². The molecule has 0 spiro atoms. The van der Waals surface area contributed by atoms with E-state index in [2.05, 4.69) is 30.0 Å². The lowest BCUT2D eigenvalue weighted by molar-refractivity contribution is 0.239. The third-order valence-electron chi connectivity index (χ3n) is 4.15. The Kier molecular flexibility index (Phi) is 3.87. The Morgan fingerprint density at radius 1 is 1.29 bits per heavy atom. The highest BCUT2D eigenvalue weighted by Gasteiger charge is 2.22. The predicted molar refractivity (Wildman–Crippen MR) is 89.5 cm³/mol. The predicted octanol–water partition coefficient (Wildman–Crippen LogP) is 1.77. The monoisotopic (exact) mass is 342 g/mol. The van der Waals surface area contributed by atoms with Gasteiger partial charge in [-0.15, -0.1) is 0 Å². The Balaban J connectivity index is 1.61. The first-order valence-electron chi connectivity index (χ1n) is 7.63. The van der Waals surface area contributed by atoms with Gasteiger partial charge in [0.1, 0.15) is 5.82 Å². The number of halogens is 1. The van der Waals surface area contributed by atoms with Crippen molar-refractivity contribution in [3.63, 3.8) is 0 Å². The van der Waals surface area contributed by atoms with Crippen LogP contribution in [0.3, 0.4) is 0 Å². The Labute approximate surface area is 142 Å². The molecule has 0 aromatic carbocycles. The molecule has 0 radical (unpaired) electrons. The summed E-state index contributed by atoms with van der Waals surface area (Å²) in [7, 11) is 0. The van der Waals surface area contributed by atoms with E-state index in [0.717, 1.165) is 35.5 Å². The molecule has 0 unspecified atom stereocenters. The zero-order valence-corrected chi connectivity index (χ0v) is 13.5. The molecule has 2 N–H and O–H groups in total. The topological polar surface area (TPSA) is 90.6 Å². The lowest BCUT2D eigenvalue weighted by atomic mass is 10.1. The number of pyridine rings is 1. The van der Waals surface area contributed by atoms with Gasteiger partial charge in [0.25, 0.3) is 5.56 Å². The molecule has 4 heterocycles. The molecule has 0 amide bonds. The molecule has 1 aliphatic rings. The highest BCUT2D eigenvalue weighted by Crippen LogP contribution is 2.21. The molecule has 4 rings (SSSR count). The minimum Gasteiger partial charge on any atom is -0.306 e. The number of nitrogens with one attached hydrogen (secondary N) is 2. The number of aromatic amines is 2. The molecule has 0 bridgehead atoms. The van der Waals surface area contributed by atoms with Crippen LogP contribution in [-0.2, 0) is 19.5 Å². The summed E-state index contributed by atoms with van der Waals surface area (Å²) in [5, 5.41) is 7.43. The van der Waals surface area contributed by atoms with Crippen LogP contribution in [0.4, 0.5) is 0 Å². The van der Waals surface area contributed by atoms with Gasteiger partial charge in [0.2, 0.25) is 0 Å². The lowest BCUT2D eigenvalue weighted by Gasteiger charge is -2.27. The van der Waals surface area contributed by atoms with Crippen LogP contribution in [0.1, 0.15) is 17.0 Å². The zero-order valence-electron chi connectivity index (χ0n) is 12.8. The minimum absolute atomic E-state index is 0.0905. The molecule has 3 aromatic heterocycles. The Morgan fingerprint density at radius 2 is 2.12 bits per heavy atom. The second kappa shape index (κ2) is 6.18. The van der Waals surface area contributed by atoms with Crippen LogP contribution >= 0.6 is 11.6 Å². The van der Waals surface area contributed by atoms with E-state index in [1.807, 2.05) is 12.1 Å². The van der Waals surface area contributed by atoms with Crippen molar-refractivity contribution in [2.75, 3.05) is 6.54 Å². The molecule has 3 aromatic rings. The molecule has 8 heteroatoms. The van der Waals surface area contributed by atoms with Crippen molar-refractivity contribution in [1.82, 2.24) is 30.0 Å². The average Bonchev–Trinajstić information content (AvgIpc) is 3.01. The van der Waals surface area contributed by atoms with E-state index in [1.165, 1.54) is 0 Å². The summed E-state index contributed by atoms with van der Waals surface area (Å²) in [6.45, 7) is 1.99.